The smallest absolute Gasteiger partial charge is 0.115 e. The Labute approximate surface area is 140 Å². The Morgan fingerprint density at radius 2 is 1.74 bits per heavy atom. The number of nitrogens with zero attached hydrogens (tertiary/aromatic N) is 1. The molecule has 3 rings (SSSR count). The fourth-order valence-corrected chi connectivity index (χ4v) is 3.66. The Bertz CT molecular complexity index is 808. The van der Waals surface area contributed by atoms with Gasteiger partial charge < -0.3 is 14.8 Å². The number of aryl methyl sites for hydroxylation is 1. The highest BCUT2D eigenvalue weighted by atomic mass is 32.2. The van der Waals surface area contributed by atoms with E-state index >= 15 is 0 Å². The summed E-state index contributed by atoms with van der Waals surface area (Å²) in [4.78, 5) is 1.05. The number of fused-ring (bicyclic) bond motifs is 1. The van der Waals surface area contributed by atoms with Gasteiger partial charge in [-0.1, -0.05) is 18.2 Å². The number of para-hydroxylation sites is 1. The Kier molecular flexibility index (Phi) is 4.64. The summed E-state index contributed by atoms with van der Waals surface area (Å²) in [5.41, 5.74) is 3.66. The summed E-state index contributed by atoms with van der Waals surface area (Å²) in [6.45, 7) is 4.83. The topological polar surface area (TPSA) is 45.4 Å². The van der Waals surface area contributed by atoms with Crippen LogP contribution in [0.1, 0.15) is 11.3 Å². The van der Waals surface area contributed by atoms with Gasteiger partial charge in [0.25, 0.3) is 0 Å². The van der Waals surface area contributed by atoms with Gasteiger partial charge in [-0.3, -0.25) is 0 Å². The molecule has 0 bridgehead atoms. The van der Waals surface area contributed by atoms with Crippen molar-refractivity contribution in [2.45, 2.75) is 31.4 Å². The zero-order valence-electron chi connectivity index (χ0n) is 13.4. The molecule has 0 spiro atoms. The van der Waals surface area contributed by atoms with Crippen molar-refractivity contribution >= 4 is 22.7 Å². The third-order valence-electron chi connectivity index (χ3n) is 4.22. The van der Waals surface area contributed by atoms with Gasteiger partial charge in [0.15, 0.2) is 0 Å². The van der Waals surface area contributed by atoms with E-state index in [9.17, 15) is 10.2 Å². The molecule has 120 valence electrons. The van der Waals surface area contributed by atoms with Gasteiger partial charge in [0.2, 0.25) is 0 Å². The van der Waals surface area contributed by atoms with Crippen molar-refractivity contribution in [3.63, 3.8) is 0 Å². The molecule has 3 aromatic rings. The lowest BCUT2D eigenvalue weighted by molar-refractivity contribution is 0.179. The van der Waals surface area contributed by atoms with Gasteiger partial charge in [-0.05, 0) is 49.7 Å². The van der Waals surface area contributed by atoms with Gasteiger partial charge >= 0.3 is 0 Å². The predicted octanol–water partition coefficient (Wildman–Crippen LogP) is 4.12. The average molecular weight is 327 g/mol. The van der Waals surface area contributed by atoms with Crippen LogP contribution >= 0.6 is 11.8 Å². The minimum Gasteiger partial charge on any atom is -0.508 e. The van der Waals surface area contributed by atoms with Crippen LogP contribution in [0.5, 0.6) is 5.75 Å². The number of phenols is 1. The van der Waals surface area contributed by atoms with E-state index in [-0.39, 0.29) is 5.75 Å². The minimum atomic E-state index is -0.428. The molecule has 1 unspecified atom stereocenters. The molecule has 1 atom stereocenters. The van der Waals surface area contributed by atoms with Crippen LogP contribution in [0.2, 0.25) is 0 Å². The molecule has 0 amide bonds. The Hall–Kier alpha value is -1.91. The van der Waals surface area contributed by atoms with E-state index in [2.05, 4.69) is 36.6 Å². The summed E-state index contributed by atoms with van der Waals surface area (Å²) in [5.74, 6) is 0.885. The second kappa shape index (κ2) is 6.69. The number of hydrogen-bond acceptors (Lipinski definition) is 3. The maximum atomic E-state index is 10.4. The van der Waals surface area contributed by atoms with Crippen LogP contribution in [-0.4, -0.2) is 26.6 Å². The molecular formula is C19H21NO2S. The molecule has 1 heterocycles. The largest absolute Gasteiger partial charge is 0.508 e. The monoisotopic (exact) mass is 327 g/mol. The third-order valence-corrected chi connectivity index (χ3v) is 5.38. The number of hydrogen-bond donors (Lipinski definition) is 2. The quantitative estimate of drug-likeness (QED) is 0.693. The van der Waals surface area contributed by atoms with E-state index in [1.807, 2.05) is 18.2 Å². The SMILES string of the molecule is Cc1c(C)n(CC(O)CSc2ccc(O)cc2)c2ccccc12. The summed E-state index contributed by atoms with van der Waals surface area (Å²) < 4.78 is 2.20. The van der Waals surface area contributed by atoms with Gasteiger partial charge in [-0.2, -0.15) is 0 Å². The van der Waals surface area contributed by atoms with Crippen molar-refractivity contribution in [3.8, 4) is 5.75 Å². The first-order valence-corrected chi connectivity index (χ1v) is 8.69. The molecule has 0 fully saturated rings. The van der Waals surface area contributed by atoms with Gasteiger partial charge in [0.1, 0.15) is 5.75 Å². The number of benzene rings is 2. The van der Waals surface area contributed by atoms with E-state index in [4.69, 9.17) is 0 Å². The van der Waals surface area contributed by atoms with E-state index in [1.54, 1.807) is 23.9 Å². The zero-order chi connectivity index (χ0) is 16.4. The Morgan fingerprint density at radius 1 is 1.04 bits per heavy atom. The molecule has 2 aromatic carbocycles. The lowest BCUT2D eigenvalue weighted by atomic mass is 10.2. The number of phenolic OH excluding ortho intramolecular Hbond substituents is 1. The Morgan fingerprint density at radius 3 is 2.48 bits per heavy atom. The number of aromatic hydroxyl groups is 1. The van der Waals surface area contributed by atoms with E-state index in [0.29, 0.717) is 12.3 Å². The molecule has 1 aromatic heterocycles. The first-order valence-electron chi connectivity index (χ1n) is 7.70. The van der Waals surface area contributed by atoms with Crippen LogP contribution in [0.25, 0.3) is 10.9 Å². The van der Waals surface area contributed by atoms with Gasteiger partial charge in [0, 0.05) is 33.8 Å². The number of rotatable bonds is 5. The minimum absolute atomic E-state index is 0.264. The van der Waals surface area contributed by atoms with Crippen molar-refractivity contribution in [2.24, 2.45) is 0 Å². The maximum absolute atomic E-state index is 10.4. The van der Waals surface area contributed by atoms with E-state index in [0.717, 1.165) is 4.90 Å². The van der Waals surface area contributed by atoms with Crippen LogP contribution in [0, 0.1) is 13.8 Å². The highest BCUT2D eigenvalue weighted by molar-refractivity contribution is 7.99. The van der Waals surface area contributed by atoms with Gasteiger partial charge in [0.05, 0.1) is 6.10 Å². The highest BCUT2D eigenvalue weighted by Crippen LogP contribution is 2.26. The molecule has 2 N–H and O–H groups in total. The van der Waals surface area contributed by atoms with Gasteiger partial charge in [-0.15, -0.1) is 11.8 Å². The van der Waals surface area contributed by atoms with Crippen molar-refractivity contribution in [1.82, 2.24) is 4.57 Å². The molecule has 0 aliphatic heterocycles. The normalized spacial score (nSPS) is 12.7. The highest BCUT2D eigenvalue weighted by Gasteiger charge is 2.14. The maximum Gasteiger partial charge on any atom is 0.115 e. The van der Waals surface area contributed by atoms with E-state index in [1.165, 1.54) is 22.2 Å². The number of aliphatic hydroxyl groups is 1. The predicted molar refractivity (Wildman–Crippen MR) is 96.2 cm³/mol. The molecule has 0 aliphatic rings. The second-order valence-corrected chi connectivity index (χ2v) is 6.89. The van der Waals surface area contributed by atoms with Crippen molar-refractivity contribution < 1.29 is 10.2 Å². The summed E-state index contributed by atoms with van der Waals surface area (Å²) in [7, 11) is 0. The summed E-state index contributed by atoms with van der Waals surface area (Å²) in [6.07, 6.45) is -0.428. The lowest BCUT2D eigenvalue weighted by Crippen LogP contribution is -2.19. The molecule has 0 aliphatic carbocycles. The molecular weight excluding hydrogens is 306 g/mol. The standard InChI is InChI=1S/C19H21NO2S/c1-13-14(2)20(19-6-4-3-5-18(13)19)11-16(22)12-23-17-9-7-15(21)8-10-17/h3-10,16,21-22H,11-12H2,1-2H3. The first kappa shape index (κ1) is 16.0. The molecule has 0 radical (unpaired) electrons. The summed E-state index contributed by atoms with van der Waals surface area (Å²) in [5, 5.41) is 21.0. The van der Waals surface area contributed by atoms with Crippen molar-refractivity contribution in [3.05, 3.63) is 59.8 Å². The second-order valence-electron chi connectivity index (χ2n) is 5.80. The first-order chi connectivity index (χ1) is 11.1. The van der Waals surface area contributed by atoms with Crippen LogP contribution < -0.4 is 0 Å². The van der Waals surface area contributed by atoms with Crippen molar-refractivity contribution in [2.75, 3.05) is 5.75 Å². The number of aliphatic hydroxyl groups excluding tert-OH is 1. The molecule has 0 saturated heterocycles. The summed E-state index contributed by atoms with van der Waals surface area (Å²) in [6, 6.07) is 15.4. The average Bonchev–Trinajstić information content (AvgIpc) is 2.80. The van der Waals surface area contributed by atoms with Gasteiger partial charge in [-0.25, -0.2) is 0 Å². The van der Waals surface area contributed by atoms with Crippen LogP contribution in [0.15, 0.2) is 53.4 Å². The lowest BCUT2D eigenvalue weighted by Gasteiger charge is -2.14. The number of aromatic nitrogens is 1. The third kappa shape index (κ3) is 3.38. The fourth-order valence-electron chi connectivity index (χ4n) is 2.84. The molecule has 3 nitrogen and oxygen atoms in total. The van der Waals surface area contributed by atoms with Crippen molar-refractivity contribution in [1.29, 1.82) is 0 Å². The number of thioether (sulfide) groups is 1. The Balaban J connectivity index is 1.72. The molecule has 4 heteroatoms. The molecule has 23 heavy (non-hydrogen) atoms. The van der Waals surface area contributed by atoms with E-state index < -0.39 is 6.10 Å². The fraction of sp³-hybridized carbons (Fsp3) is 0.263. The van der Waals surface area contributed by atoms with Crippen LogP contribution in [0.4, 0.5) is 0 Å². The van der Waals surface area contributed by atoms with Crippen LogP contribution in [0.3, 0.4) is 0 Å². The zero-order valence-corrected chi connectivity index (χ0v) is 14.2. The molecule has 0 saturated carbocycles. The van der Waals surface area contributed by atoms with Crippen LogP contribution in [-0.2, 0) is 6.54 Å². The summed E-state index contributed by atoms with van der Waals surface area (Å²) >= 11 is 1.60.